The fraction of sp³-hybridized carbons (Fsp3) is 0.500. The van der Waals surface area contributed by atoms with Gasteiger partial charge in [-0.15, -0.1) is 10.2 Å². The molecule has 1 aromatic carbocycles. The van der Waals surface area contributed by atoms with Crippen LogP contribution in [0.15, 0.2) is 24.3 Å². The zero-order valence-electron chi connectivity index (χ0n) is 13.3. The molecule has 23 heavy (non-hydrogen) atoms. The predicted octanol–water partition coefficient (Wildman–Crippen LogP) is 1.83. The Morgan fingerprint density at radius 3 is 2.70 bits per heavy atom. The number of carbonyl (C=O) groups is 1. The highest BCUT2D eigenvalue weighted by atomic mass is 16.5. The molecule has 1 amide bonds. The molecule has 1 aliphatic rings. The molecule has 0 saturated carbocycles. The summed E-state index contributed by atoms with van der Waals surface area (Å²) in [4.78, 5) is 12.6. The standard InChI is InChI=1S/C16H21N5O2/c1-10(2)11-3-5-12(6-4-11)16(22)17-14(13-7-8-23-9-13)15-18-20-21-19-15/h3-6,10,13-14H,7-9H2,1-2H3,(H,17,22)(H,18,19,20,21). The Kier molecular flexibility index (Phi) is 4.66. The third-order valence-electron chi connectivity index (χ3n) is 4.20. The van der Waals surface area contributed by atoms with Crippen molar-refractivity contribution in [3.63, 3.8) is 0 Å². The third-order valence-corrected chi connectivity index (χ3v) is 4.20. The smallest absolute Gasteiger partial charge is 0.251 e. The number of H-pyrrole nitrogens is 1. The average Bonchev–Trinajstić information content (AvgIpc) is 3.26. The van der Waals surface area contributed by atoms with Crippen LogP contribution < -0.4 is 5.32 Å². The van der Waals surface area contributed by atoms with Crippen LogP contribution in [0.2, 0.25) is 0 Å². The number of benzene rings is 1. The Balaban J connectivity index is 1.75. The zero-order valence-corrected chi connectivity index (χ0v) is 13.3. The maximum atomic E-state index is 12.6. The van der Waals surface area contributed by atoms with Crippen LogP contribution in [0.4, 0.5) is 0 Å². The summed E-state index contributed by atoms with van der Waals surface area (Å²) in [5.74, 6) is 0.955. The van der Waals surface area contributed by atoms with E-state index in [1.54, 1.807) is 0 Å². The number of carbonyl (C=O) groups excluding carboxylic acids is 1. The summed E-state index contributed by atoms with van der Waals surface area (Å²) in [7, 11) is 0. The summed E-state index contributed by atoms with van der Waals surface area (Å²) >= 11 is 0. The van der Waals surface area contributed by atoms with Crippen LogP contribution in [0.1, 0.15) is 54.0 Å². The quantitative estimate of drug-likeness (QED) is 0.878. The minimum absolute atomic E-state index is 0.137. The second-order valence-corrected chi connectivity index (χ2v) is 6.12. The number of hydrogen-bond acceptors (Lipinski definition) is 5. The van der Waals surface area contributed by atoms with Crippen LogP contribution >= 0.6 is 0 Å². The van der Waals surface area contributed by atoms with Gasteiger partial charge in [0, 0.05) is 18.1 Å². The second-order valence-electron chi connectivity index (χ2n) is 6.12. The highest BCUT2D eigenvalue weighted by Crippen LogP contribution is 2.26. The number of aromatic amines is 1. The second kappa shape index (κ2) is 6.87. The number of nitrogens with one attached hydrogen (secondary N) is 2. The van der Waals surface area contributed by atoms with Gasteiger partial charge < -0.3 is 10.1 Å². The molecule has 7 nitrogen and oxygen atoms in total. The van der Waals surface area contributed by atoms with E-state index in [0.717, 1.165) is 6.42 Å². The van der Waals surface area contributed by atoms with Gasteiger partial charge in [0.15, 0.2) is 5.82 Å². The van der Waals surface area contributed by atoms with Crippen LogP contribution in [-0.4, -0.2) is 39.7 Å². The van der Waals surface area contributed by atoms with Crippen LogP contribution in [0.3, 0.4) is 0 Å². The van der Waals surface area contributed by atoms with Gasteiger partial charge in [-0.1, -0.05) is 31.2 Å². The van der Waals surface area contributed by atoms with Gasteiger partial charge in [0.05, 0.1) is 12.6 Å². The SMILES string of the molecule is CC(C)c1ccc(C(=O)NC(c2nn[nH]n2)C2CCOC2)cc1. The number of nitrogens with zero attached hydrogens (tertiary/aromatic N) is 3. The summed E-state index contributed by atoms with van der Waals surface area (Å²) in [5.41, 5.74) is 1.84. The molecule has 2 unspecified atom stereocenters. The van der Waals surface area contributed by atoms with Gasteiger partial charge in [0.1, 0.15) is 0 Å². The van der Waals surface area contributed by atoms with Crippen molar-refractivity contribution in [1.82, 2.24) is 25.9 Å². The lowest BCUT2D eigenvalue weighted by Crippen LogP contribution is -2.34. The minimum Gasteiger partial charge on any atom is -0.381 e. The first-order valence-corrected chi connectivity index (χ1v) is 7.87. The van der Waals surface area contributed by atoms with Crippen molar-refractivity contribution in [2.45, 2.75) is 32.2 Å². The molecule has 1 fully saturated rings. The molecule has 0 spiro atoms. The van der Waals surface area contributed by atoms with Crippen molar-refractivity contribution < 1.29 is 9.53 Å². The zero-order chi connectivity index (χ0) is 16.2. The van der Waals surface area contributed by atoms with Crippen molar-refractivity contribution in [1.29, 1.82) is 0 Å². The van der Waals surface area contributed by atoms with Gasteiger partial charge in [-0.2, -0.15) is 5.21 Å². The van der Waals surface area contributed by atoms with E-state index in [2.05, 4.69) is 39.8 Å². The van der Waals surface area contributed by atoms with E-state index in [1.165, 1.54) is 5.56 Å². The number of ether oxygens (including phenoxy) is 1. The van der Waals surface area contributed by atoms with E-state index < -0.39 is 0 Å². The van der Waals surface area contributed by atoms with Gasteiger partial charge in [-0.25, -0.2) is 0 Å². The summed E-state index contributed by atoms with van der Waals surface area (Å²) < 4.78 is 5.43. The first-order valence-electron chi connectivity index (χ1n) is 7.87. The molecule has 2 atom stereocenters. The van der Waals surface area contributed by atoms with Crippen molar-refractivity contribution in [3.05, 3.63) is 41.2 Å². The molecule has 0 radical (unpaired) electrons. The summed E-state index contributed by atoms with van der Waals surface area (Å²) in [6.07, 6.45) is 0.867. The molecule has 1 aliphatic heterocycles. The van der Waals surface area contributed by atoms with E-state index in [0.29, 0.717) is 30.5 Å². The van der Waals surface area contributed by atoms with Crippen LogP contribution in [0.5, 0.6) is 0 Å². The molecule has 0 aliphatic carbocycles. The maximum Gasteiger partial charge on any atom is 0.251 e. The normalized spacial score (nSPS) is 19.0. The predicted molar refractivity (Wildman–Crippen MR) is 83.8 cm³/mol. The van der Waals surface area contributed by atoms with E-state index in [9.17, 15) is 4.79 Å². The highest BCUT2D eigenvalue weighted by molar-refractivity contribution is 5.94. The molecule has 7 heteroatoms. The molecule has 3 rings (SSSR count). The molecule has 2 N–H and O–H groups in total. The Morgan fingerprint density at radius 1 is 1.35 bits per heavy atom. The maximum absolute atomic E-state index is 12.6. The monoisotopic (exact) mass is 315 g/mol. The fourth-order valence-electron chi connectivity index (χ4n) is 2.75. The molecule has 2 heterocycles. The third kappa shape index (κ3) is 3.56. The summed E-state index contributed by atoms with van der Waals surface area (Å²) in [5, 5.41) is 17.1. The van der Waals surface area contributed by atoms with E-state index in [4.69, 9.17) is 4.74 Å². The van der Waals surface area contributed by atoms with Gasteiger partial charge >= 0.3 is 0 Å². The first-order chi connectivity index (χ1) is 11.1. The first kappa shape index (κ1) is 15.6. The van der Waals surface area contributed by atoms with Gasteiger partial charge in [0.25, 0.3) is 5.91 Å². The van der Waals surface area contributed by atoms with Crippen LogP contribution in [0.25, 0.3) is 0 Å². The number of tetrazole rings is 1. The number of rotatable bonds is 5. The molecular weight excluding hydrogens is 294 g/mol. The molecular formula is C16H21N5O2. The summed E-state index contributed by atoms with van der Waals surface area (Å²) in [6, 6.07) is 7.38. The minimum atomic E-state index is -0.298. The van der Waals surface area contributed by atoms with E-state index in [-0.39, 0.29) is 17.9 Å². The van der Waals surface area contributed by atoms with Gasteiger partial charge in [-0.05, 0) is 30.0 Å². The fourth-order valence-corrected chi connectivity index (χ4v) is 2.75. The topological polar surface area (TPSA) is 92.8 Å². The molecule has 1 aromatic heterocycles. The lowest BCUT2D eigenvalue weighted by Gasteiger charge is -2.20. The van der Waals surface area contributed by atoms with E-state index in [1.807, 2.05) is 24.3 Å². The van der Waals surface area contributed by atoms with E-state index >= 15 is 0 Å². The van der Waals surface area contributed by atoms with Crippen molar-refractivity contribution in [3.8, 4) is 0 Å². The Morgan fingerprint density at radius 2 is 2.13 bits per heavy atom. The lowest BCUT2D eigenvalue weighted by atomic mass is 9.97. The van der Waals surface area contributed by atoms with Crippen LogP contribution in [-0.2, 0) is 4.74 Å². The number of hydrogen-bond donors (Lipinski definition) is 2. The van der Waals surface area contributed by atoms with Crippen molar-refractivity contribution in [2.24, 2.45) is 5.92 Å². The van der Waals surface area contributed by atoms with Crippen molar-refractivity contribution in [2.75, 3.05) is 13.2 Å². The van der Waals surface area contributed by atoms with Crippen LogP contribution in [0, 0.1) is 5.92 Å². The Bertz CT molecular complexity index is 633. The average molecular weight is 315 g/mol. The molecule has 2 aromatic rings. The number of amides is 1. The van der Waals surface area contributed by atoms with Gasteiger partial charge in [-0.3, -0.25) is 4.79 Å². The molecule has 122 valence electrons. The molecule has 0 bridgehead atoms. The van der Waals surface area contributed by atoms with Gasteiger partial charge in [0.2, 0.25) is 0 Å². The van der Waals surface area contributed by atoms with Crippen molar-refractivity contribution >= 4 is 5.91 Å². The highest BCUT2D eigenvalue weighted by Gasteiger charge is 2.31. The summed E-state index contributed by atoms with van der Waals surface area (Å²) in [6.45, 7) is 5.53. The largest absolute Gasteiger partial charge is 0.381 e. The Labute approximate surface area is 134 Å². The lowest BCUT2D eigenvalue weighted by molar-refractivity contribution is 0.0912. The number of aromatic nitrogens is 4. The Hall–Kier alpha value is -2.28. The molecule has 1 saturated heterocycles.